The Morgan fingerprint density at radius 1 is 0.820 bits per heavy atom. The van der Waals surface area contributed by atoms with Crippen molar-refractivity contribution in [1.29, 1.82) is 0 Å². The molecule has 0 bridgehead atoms. The van der Waals surface area contributed by atoms with Crippen LogP contribution in [0.15, 0.2) is 72.0 Å². The van der Waals surface area contributed by atoms with Gasteiger partial charge in [-0.05, 0) is 70.0 Å². The number of nitrogens with zero attached hydrogens (tertiary/aromatic N) is 11. The van der Waals surface area contributed by atoms with Gasteiger partial charge < -0.3 is 10.6 Å². The van der Waals surface area contributed by atoms with Crippen molar-refractivity contribution in [3.63, 3.8) is 0 Å². The van der Waals surface area contributed by atoms with Gasteiger partial charge in [-0.3, -0.25) is 4.99 Å². The summed E-state index contributed by atoms with van der Waals surface area (Å²) in [5.41, 5.74) is 0.554. The zero-order valence-electron chi connectivity index (χ0n) is 29.2. The zero-order chi connectivity index (χ0) is 36.1. The van der Waals surface area contributed by atoms with Gasteiger partial charge in [-0.15, -0.1) is 0 Å². The van der Waals surface area contributed by atoms with E-state index in [1.807, 2.05) is 6.92 Å². The molecule has 50 heavy (non-hydrogen) atoms. The fourth-order valence-electron chi connectivity index (χ4n) is 4.18. The molecule has 15 nitrogen and oxygen atoms in total. The van der Waals surface area contributed by atoms with Crippen LogP contribution >= 0.6 is 43.5 Å². The predicted molar refractivity (Wildman–Crippen MR) is 196 cm³/mol. The predicted octanol–water partition coefficient (Wildman–Crippen LogP) is 2.22. The molecule has 0 saturated heterocycles. The third-order valence-electron chi connectivity index (χ3n) is 6.91. The van der Waals surface area contributed by atoms with E-state index in [1.165, 1.54) is 29.2 Å². The number of aryl methyl sites for hydroxylation is 1. The molecule has 0 aliphatic carbocycles. The Morgan fingerprint density at radius 2 is 1.34 bits per heavy atom. The van der Waals surface area contributed by atoms with Gasteiger partial charge in [-0.2, -0.15) is 5.10 Å². The molecule has 1 aliphatic rings. The molecule has 0 spiro atoms. The number of pyridine rings is 2. The number of aromatic nitrogens is 9. The Kier molecular flexibility index (Phi) is 14.8. The maximum Gasteiger partial charge on any atom is 1.00 e. The van der Waals surface area contributed by atoms with Gasteiger partial charge in [0.05, 0.1) is 40.2 Å². The SMILES string of the molecule is CC1=NCC=N1.CCS(=O)(=O)c1ccc(-n2cnc(C)n2)nc1-c1ncc(Br)n1C.CCS(=O)(=O)c1ccc(Cl)nc1-c1ncc(Br)n1C.[H-].[Na+]. The van der Waals surface area contributed by atoms with Gasteiger partial charge in [-0.25, -0.2) is 51.4 Å². The average molecular weight is 882 g/mol. The van der Waals surface area contributed by atoms with Crippen molar-refractivity contribution in [1.82, 2.24) is 43.8 Å². The molecule has 0 N–H and O–H groups in total. The van der Waals surface area contributed by atoms with E-state index in [4.69, 9.17) is 11.6 Å². The van der Waals surface area contributed by atoms with Crippen molar-refractivity contribution in [3.8, 4) is 28.9 Å². The van der Waals surface area contributed by atoms with E-state index in [-0.39, 0.29) is 68.8 Å². The van der Waals surface area contributed by atoms with Crippen molar-refractivity contribution in [2.45, 2.75) is 37.5 Å². The van der Waals surface area contributed by atoms with Gasteiger partial charge in [-0.1, -0.05) is 25.4 Å². The van der Waals surface area contributed by atoms with Gasteiger partial charge in [0, 0.05) is 20.3 Å². The standard InChI is InChI=1S/C14H15BrN6O2S.C11H11BrClN3O2S.C4H6N2.Na.H/c1-4-24(22,23)10-5-6-12(21-8-17-9(2)19-21)18-13(10)14-16-7-11(15)20(14)3;1-3-19(17,18)7-4-5-9(13)15-10(7)11-14-6-8(12)16(11)2;1-4-5-2-3-6-4;;/h5-8H,4H2,1-3H3;4-6H,3H2,1-2H3;2H,3H2,1H3;;/q;;;+1;-1. The summed E-state index contributed by atoms with van der Waals surface area (Å²) >= 11 is 12.5. The van der Waals surface area contributed by atoms with Crippen molar-refractivity contribution >= 4 is 75.2 Å². The number of sulfone groups is 2. The molecule has 21 heteroatoms. The second kappa shape index (κ2) is 17.7. The van der Waals surface area contributed by atoms with Gasteiger partial charge >= 0.3 is 29.6 Å². The monoisotopic (exact) mass is 879 g/mol. The maximum absolute atomic E-state index is 12.4. The Labute approximate surface area is 335 Å². The number of hydrogen-bond acceptors (Lipinski definition) is 12. The normalized spacial score (nSPS) is 12.4. The smallest absolute Gasteiger partial charge is 1.00 e. The van der Waals surface area contributed by atoms with Crippen LogP contribution in [-0.4, -0.2) is 90.8 Å². The Hall–Kier alpha value is -2.65. The summed E-state index contributed by atoms with van der Waals surface area (Å²) in [6.07, 6.45) is 6.52. The van der Waals surface area contributed by atoms with Crippen LogP contribution in [0.1, 0.15) is 28.0 Å². The first-order chi connectivity index (χ1) is 23.1. The zero-order valence-corrected chi connectivity index (χ0v) is 35.8. The number of hydrogen-bond donors (Lipinski definition) is 0. The van der Waals surface area contributed by atoms with Crippen molar-refractivity contribution in [2.24, 2.45) is 24.1 Å². The number of rotatable bonds is 7. The molecule has 5 aromatic rings. The summed E-state index contributed by atoms with van der Waals surface area (Å²) in [5, 5.41) is 4.44. The quantitative estimate of drug-likeness (QED) is 0.174. The van der Waals surface area contributed by atoms with Crippen molar-refractivity contribution < 1.29 is 47.8 Å². The van der Waals surface area contributed by atoms with Gasteiger partial charge in [0.15, 0.2) is 37.1 Å². The molecular weight excluding hydrogens is 849 g/mol. The number of aliphatic imine (C=N–C) groups is 2. The first kappa shape index (κ1) is 41.8. The Bertz CT molecular complexity index is 2280. The van der Waals surface area contributed by atoms with E-state index in [1.54, 1.807) is 68.7 Å². The number of halogens is 3. The molecule has 262 valence electrons. The van der Waals surface area contributed by atoms with Crippen LogP contribution in [0, 0.1) is 6.92 Å². The Morgan fingerprint density at radius 3 is 1.72 bits per heavy atom. The molecule has 5 aromatic heterocycles. The maximum atomic E-state index is 12.4. The fourth-order valence-corrected chi connectivity index (χ4v) is 6.90. The second-order valence-corrected chi connectivity index (χ2v) is 16.7. The largest absolute Gasteiger partial charge is 1.00 e. The van der Waals surface area contributed by atoms with Crippen LogP contribution in [0.3, 0.4) is 0 Å². The molecular formula is C29H33Br2ClN11NaO4S2. The summed E-state index contributed by atoms with van der Waals surface area (Å²) in [7, 11) is -3.30. The van der Waals surface area contributed by atoms with Crippen LogP contribution in [0.5, 0.6) is 0 Å². The van der Waals surface area contributed by atoms with E-state index in [0.29, 0.717) is 23.3 Å². The number of amidine groups is 1. The molecule has 0 radical (unpaired) electrons. The van der Waals surface area contributed by atoms with Gasteiger partial charge in [0.1, 0.15) is 43.7 Å². The number of imidazole rings is 2. The van der Waals surface area contributed by atoms with Crippen LogP contribution < -0.4 is 29.6 Å². The minimum Gasteiger partial charge on any atom is -1.00 e. The summed E-state index contributed by atoms with van der Waals surface area (Å²) in [6.45, 7) is 7.63. The van der Waals surface area contributed by atoms with E-state index in [2.05, 4.69) is 71.9 Å². The summed E-state index contributed by atoms with van der Waals surface area (Å²) < 4.78 is 55.4. The summed E-state index contributed by atoms with van der Waals surface area (Å²) in [6, 6.07) is 6.08. The first-order valence-corrected chi connectivity index (χ1v) is 19.8. The van der Waals surface area contributed by atoms with Crippen LogP contribution in [0.2, 0.25) is 5.15 Å². The molecule has 0 saturated carbocycles. The summed E-state index contributed by atoms with van der Waals surface area (Å²) in [5.74, 6) is 2.84. The molecule has 1 aliphatic heterocycles. The minimum atomic E-state index is -3.45. The van der Waals surface area contributed by atoms with E-state index >= 15 is 0 Å². The molecule has 0 atom stereocenters. The molecule has 0 amide bonds. The van der Waals surface area contributed by atoms with Gasteiger partial charge in [0.2, 0.25) is 0 Å². The topological polar surface area (TPSA) is 185 Å². The average Bonchev–Trinajstić information content (AvgIpc) is 3.88. The van der Waals surface area contributed by atoms with Gasteiger partial charge in [0.25, 0.3) is 0 Å². The van der Waals surface area contributed by atoms with Crippen LogP contribution in [0.4, 0.5) is 0 Å². The molecule has 0 unspecified atom stereocenters. The third kappa shape index (κ3) is 9.81. The minimum absolute atomic E-state index is 0. The van der Waals surface area contributed by atoms with Crippen LogP contribution in [-0.2, 0) is 33.8 Å². The van der Waals surface area contributed by atoms with Crippen molar-refractivity contribution in [2.75, 3.05) is 18.1 Å². The first-order valence-electron chi connectivity index (χ1n) is 14.5. The van der Waals surface area contributed by atoms with E-state index < -0.39 is 19.7 Å². The molecule has 0 fully saturated rings. The fraction of sp³-hybridized carbons (Fsp3) is 0.310. The molecule has 6 heterocycles. The second-order valence-electron chi connectivity index (χ2n) is 10.2. The van der Waals surface area contributed by atoms with E-state index in [9.17, 15) is 16.8 Å². The Balaban J connectivity index is 0.000000298. The molecule has 6 rings (SSSR count). The van der Waals surface area contributed by atoms with Crippen LogP contribution in [0.25, 0.3) is 28.9 Å². The summed E-state index contributed by atoms with van der Waals surface area (Å²) in [4.78, 5) is 29.2. The van der Waals surface area contributed by atoms with Crippen molar-refractivity contribution in [3.05, 3.63) is 63.2 Å². The third-order valence-corrected chi connectivity index (χ3v) is 12.1. The molecule has 0 aromatic carbocycles. The van der Waals surface area contributed by atoms with E-state index in [0.717, 1.165) is 21.6 Å².